The summed E-state index contributed by atoms with van der Waals surface area (Å²) >= 11 is 12.5. The molecule has 2 aromatic rings. The zero-order chi connectivity index (χ0) is 14.9. The van der Waals surface area contributed by atoms with Gasteiger partial charge in [-0.05, 0) is 24.6 Å². The van der Waals surface area contributed by atoms with Crippen LogP contribution in [-0.2, 0) is 6.18 Å². The van der Waals surface area contributed by atoms with E-state index in [4.69, 9.17) is 23.2 Å². The minimum Gasteiger partial charge on any atom is -0.354 e. The molecule has 0 aliphatic heterocycles. The van der Waals surface area contributed by atoms with Crippen molar-refractivity contribution in [1.29, 1.82) is 0 Å². The molecule has 0 bridgehead atoms. The first kappa shape index (κ1) is 15.3. The lowest BCUT2D eigenvalue weighted by molar-refractivity contribution is -0.144. The predicted octanol–water partition coefficient (Wildman–Crippen LogP) is 5.04. The van der Waals surface area contributed by atoms with E-state index in [2.05, 4.69) is 14.7 Å². The number of benzene rings is 1. The molecular weight excluding hydrogens is 334 g/mol. The smallest absolute Gasteiger partial charge is 0.354 e. The third-order valence-electron chi connectivity index (χ3n) is 2.45. The number of anilines is 1. The highest BCUT2D eigenvalue weighted by Crippen LogP contribution is 2.32. The van der Waals surface area contributed by atoms with Gasteiger partial charge in [-0.1, -0.05) is 29.3 Å². The highest BCUT2D eigenvalue weighted by Gasteiger charge is 2.36. The maximum atomic E-state index is 12.4. The summed E-state index contributed by atoms with van der Waals surface area (Å²) in [6.45, 7) is 1.75. The van der Waals surface area contributed by atoms with E-state index in [0.29, 0.717) is 27.1 Å². The van der Waals surface area contributed by atoms with Crippen LogP contribution >= 0.6 is 34.7 Å². The summed E-state index contributed by atoms with van der Waals surface area (Å²) in [6, 6.07) is 4.60. The minimum absolute atomic E-state index is 0.0795. The minimum atomic E-state index is -4.54. The van der Waals surface area contributed by atoms with Crippen LogP contribution in [0.1, 0.15) is 24.4 Å². The van der Waals surface area contributed by atoms with E-state index in [9.17, 15) is 13.2 Å². The molecule has 0 radical (unpaired) electrons. The van der Waals surface area contributed by atoms with E-state index < -0.39 is 12.0 Å². The Morgan fingerprint density at radius 3 is 2.55 bits per heavy atom. The molecule has 108 valence electrons. The van der Waals surface area contributed by atoms with Crippen molar-refractivity contribution in [1.82, 2.24) is 9.36 Å². The molecule has 0 saturated heterocycles. The summed E-state index contributed by atoms with van der Waals surface area (Å²) in [5, 5.41) is 3.82. The van der Waals surface area contributed by atoms with Gasteiger partial charge in [-0.15, -0.1) is 0 Å². The van der Waals surface area contributed by atoms with Crippen LogP contribution < -0.4 is 5.32 Å². The Labute approximate surface area is 126 Å². The quantitative estimate of drug-likeness (QED) is 0.849. The molecule has 9 heteroatoms. The highest BCUT2D eigenvalue weighted by atomic mass is 35.5. The average Bonchev–Trinajstić information content (AvgIpc) is 2.76. The SMILES string of the molecule is CC(Nc1nc(C(F)(F)F)ns1)c1ccc(Cl)cc1Cl. The van der Waals surface area contributed by atoms with Crippen molar-refractivity contribution >= 4 is 39.9 Å². The maximum absolute atomic E-state index is 12.4. The number of halogens is 5. The fourth-order valence-electron chi connectivity index (χ4n) is 1.51. The summed E-state index contributed by atoms with van der Waals surface area (Å²) in [6.07, 6.45) is -4.54. The molecule has 0 spiro atoms. The number of hydrogen-bond donors (Lipinski definition) is 1. The van der Waals surface area contributed by atoms with E-state index in [0.717, 1.165) is 0 Å². The van der Waals surface area contributed by atoms with Crippen molar-refractivity contribution in [3.8, 4) is 0 Å². The monoisotopic (exact) mass is 341 g/mol. The lowest BCUT2D eigenvalue weighted by Gasteiger charge is -2.14. The topological polar surface area (TPSA) is 37.8 Å². The summed E-state index contributed by atoms with van der Waals surface area (Å²) in [7, 11) is 0. The van der Waals surface area contributed by atoms with Gasteiger partial charge in [-0.25, -0.2) is 0 Å². The van der Waals surface area contributed by atoms with Crippen LogP contribution in [0.5, 0.6) is 0 Å². The van der Waals surface area contributed by atoms with Crippen LogP contribution in [-0.4, -0.2) is 9.36 Å². The van der Waals surface area contributed by atoms with Crippen LogP contribution in [0.4, 0.5) is 18.3 Å². The Bertz CT molecular complexity index is 615. The van der Waals surface area contributed by atoms with Crippen molar-refractivity contribution in [3.63, 3.8) is 0 Å². The normalized spacial score (nSPS) is 13.3. The van der Waals surface area contributed by atoms with Gasteiger partial charge in [0.15, 0.2) is 0 Å². The zero-order valence-electron chi connectivity index (χ0n) is 10.0. The van der Waals surface area contributed by atoms with Crippen molar-refractivity contribution in [2.45, 2.75) is 19.1 Å². The number of nitrogens with zero attached hydrogens (tertiary/aromatic N) is 2. The number of aromatic nitrogens is 2. The van der Waals surface area contributed by atoms with Gasteiger partial charge in [-0.2, -0.15) is 22.5 Å². The van der Waals surface area contributed by atoms with E-state index in [1.54, 1.807) is 25.1 Å². The van der Waals surface area contributed by atoms with Gasteiger partial charge in [0, 0.05) is 21.6 Å². The molecule has 0 aliphatic carbocycles. The van der Waals surface area contributed by atoms with Crippen molar-refractivity contribution in [3.05, 3.63) is 39.6 Å². The van der Waals surface area contributed by atoms with Crippen LogP contribution in [0, 0.1) is 0 Å². The molecule has 1 atom stereocenters. The summed E-state index contributed by atoms with van der Waals surface area (Å²) in [5.74, 6) is -1.15. The second kappa shape index (κ2) is 5.75. The van der Waals surface area contributed by atoms with Crippen LogP contribution in [0.25, 0.3) is 0 Å². The molecule has 1 heterocycles. The second-order valence-corrected chi connectivity index (χ2v) is 5.55. The Balaban J connectivity index is 2.15. The van der Waals surface area contributed by atoms with Gasteiger partial charge in [0.25, 0.3) is 0 Å². The van der Waals surface area contributed by atoms with Crippen molar-refractivity contribution in [2.75, 3.05) is 5.32 Å². The molecule has 0 saturated carbocycles. The zero-order valence-corrected chi connectivity index (χ0v) is 12.3. The Hall–Kier alpha value is -1.05. The van der Waals surface area contributed by atoms with Gasteiger partial charge in [0.05, 0.1) is 6.04 Å². The number of nitrogens with one attached hydrogen (secondary N) is 1. The van der Waals surface area contributed by atoms with E-state index in [1.165, 1.54) is 0 Å². The molecule has 3 nitrogen and oxygen atoms in total. The first-order valence-electron chi connectivity index (χ1n) is 5.40. The lowest BCUT2D eigenvalue weighted by Crippen LogP contribution is -2.09. The third-order valence-corrected chi connectivity index (χ3v) is 3.66. The molecule has 1 unspecified atom stereocenters. The van der Waals surface area contributed by atoms with E-state index in [1.807, 2.05) is 0 Å². The first-order valence-corrected chi connectivity index (χ1v) is 6.92. The van der Waals surface area contributed by atoms with Gasteiger partial charge in [0.1, 0.15) is 0 Å². The fraction of sp³-hybridized carbons (Fsp3) is 0.273. The van der Waals surface area contributed by atoms with Crippen molar-refractivity contribution in [2.24, 2.45) is 0 Å². The molecule has 1 aromatic heterocycles. The predicted molar refractivity (Wildman–Crippen MR) is 73.4 cm³/mol. The molecule has 1 aromatic carbocycles. The molecular formula is C11H8Cl2F3N3S. The van der Waals surface area contributed by atoms with Gasteiger partial charge >= 0.3 is 6.18 Å². The third kappa shape index (κ3) is 3.53. The summed E-state index contributed by atoms with van der Waals surface area (Å²) < 4.78 is 40.4. The van der Waals surface area contributed by atoms with Gasteiger partial charge < -0.3 is 5.32 Å². The maximum Gasteiger partial charge on any atom is 0.452 e. The van der Waals surface area contributed by atoms with Crippen molar-refractivity contribution < 1.29 is 13.2 Å². The standard InChI is InChI=1S/C11H8Cl2F3N3S/c1-5(7-3-2-6(12)4-8(7)13)17-10-18-9(19-20-10)11(14,15)16/h2-5H,1H3,(H,17,18,19). The largest absolute Gasteiger partial charge is 0.452 e. The number of rotatable bonds is 3. The number of alkyl halides is 3. The van der Waals surface area contributed by atoms with Gasteiger partial charge in [-0.3, -0.25) is 0 Å². The Kier molecular flexibility index (Phi) is 4.41. The average molecular weight is 342 g/mol. The number of hydrogen-bond acceptors (Lipinski definition) is 4. The molecule has 0 amide bonds. The lowest BCUT2D eigenvalue weighted by atomic mass is 10.1. The molecule has 0 fully saturated rings. The summed E-state index contributed by atoms with van der Waals surface area (Å²) in [4.78, 5) is 3.40. The van der Waals surface area contributed by atoms with Crippen LogP contribution in [0.2, 0.25) is 10.0 Å². The molecule has 1 N–H and O–H groups in total. The van der Waals surface area contributed by atoms with Crippen LogP contribution in [0.3, 0.4) is 0 Å². The highest BCUT2D eigenvalue weighted by molar-refractivity contribution is 7.09. The first-order chi connectivity index (χ1) is 9.27. The van der Waals surface area contributed by atoms with E-state index in [-0.39, 0.29) is 11.2 Å². The Morgan fingerprint density at radius 1 is 1.30 bits per heavy atom. The molecule has 2 rings (SSSR count). The van der Waals surface area contributed by atoms with E-state index >= 15 is 0 Å². The second-order valence-electron chi connectivity index (χ2n) is 3.95. The fourth-order valence-corrected chi connectivity index (χ4v) is 2.76. The molecule has 20 heavy (non-hydrogen) atoms. The Morgan fingerprint density at radius 2 is 2.00 bits per heavy atom. The van der Waals surface area contributed by atoms with Gasteiger partial charge in [0.2, 0.25) is 11.0 Å². The van der Waals surface area contributed by atoms with Crippen LogP contribution in [0.15, 0.2) is 18.2 Å². The summed E-state index contributed by atoms with van der Waals surface area (Å²) in [5.41, 5.74) is 0.708. The molecule has 0 aliphatic rings.